The average molecular weight is 328 g/mol. The van der Waals surface area contributed by atoms with Crippen molar-refractivity contribution in [1.29, 1.82) is 5.26 Å². The van der Waals surface area contributed by atoms with Gasteiger partial charge in [0.25, 0.3) is 0 Å². The predicted molar refractivity (Wildman–Crippen MR) is 79.9 cm³/mol. The smallest absolute Gasteiger partial charge is 0.225 e. The number of nitriles is 1. The number of rotatable bonds is 3. The summed E-state index contributed by atoms with van der Waals surface area (Å²) in [7, 11) is -3.07. The highest BCUT2D eigenvalue weighted by molar-refractivity contribution is 7.91. The van der Waals surface area contributed by atoms with Gasteiger partial charge in [0.2, 0.25) is 5.91 Å². The highest BCUT2D eigenvalue weighted by Gasteiger charge is 2.25. The number of anilines is 1. The zero-order chi connectivity index (χ0) is 15.5. The van der Waals surface area contributed by atoms with Crippen LogP contribution in [-0.2, 0) is 14.6 Å². The van der Waals surface area contributed by atoms with Crippen molar-refractivity contribution in [2.75, 3.05) is 23.4 Å². The summed E-state index contributed by atoms with van der Waals surface area (Å²) in [6, 6.07) is 6.14. The fourth-order valence-corrected chi connectivity index (χ4v) is 3.73. The van der Waals surface area contributed by atoms with Crippen LogP contribution in [0.4, 0.5) is 5.69 Å². The molecular weight excluding hydrogens is 314 g/mol. The topological polar surface area (TPSA) is 99.1 Å². The average Bonchev–Trinajstić information content (AvgIpc) is 2.39. The maximum Gasteiger partial charge on any atom is 0.225 e. The molecule has 1 aliphatic heterocycles. The van der Waals surface area contributed by atoms with Crippen molar-refractivity contribution in [1.82, 2.24) is 5.32 Å². The Morgan fingerprint density at radius 1 is 1.52 bits per heavy atom. The third-order valence-electron chi connectivity index (χ3n) is 3.10. The minimum atomic E-state index is -3.07. The van der Waals surface area contributed by atoms with Crippen LogP contribution in [0.25, 0.3) is 0 Å². The Kier molecular flexibility index (Phi) is 4.83. The van der Waals surface area contributed by atoms with Crippen LogP contribution in [0.2, 0.25) is 5.02 Å². The fourth-order valence-electron chi connectivity index (χ4n) is 2.12. The quantitative estimate of drug-likeness (QED) is 0.860. The summed E-state index contributed by atoms with van der Waals surface area (Å²) in [6.45, 7) is 0.361. The number of amides is 1. The molecule has 2 rings (SSSR count). The van der Waals surface area contributed by atoms with Crippen LogP contribution < -0.4 is 10.6 Å². The monoisotopic (exact) mass is 327 g/mol. The van der Waals surface area contributed by atoms with Gasteiger partial charge in [0.1, 0.15) is 6.07 Å². The van der Waals surface area contributed by atoms with Gasteiger partial charge in [0.05, 0.1) is 22.1 Å². The van der Waals surface area contributed by atoms with Gasteiger partial charge in [-0.15, -0.1) is 0 Å². The fraction of sp³-hybridized carbons (Fsp3) is 0.385. The van der Waals surface area contributed by atoms with E-state index in [4.69, 9.17) is 16.9 Å². The molecule has 0 radical (unpaired) electrons. The van der Waals surface area contributed by atoms with E-state index >= 15 is 0 Å². The van der Waals surface area contributed by atoms with Gasteiger partial charge in [-0.25, -0.2) is 8.42 Å². The molecule has 1 fully saturated rings. The first kappa shape index (κ1) is 15.8. The standard InChI is InChI=1S/C13H14ClN3O3S/c14-12-2-1-10(5-9(12)7-15)17-13(18)6-11-8-21(19,20)4-3-16-11/h1-2,5,11,16H,3-4,6,8H2,(H,17,18). The van der Waals surface area contributed by atoms with Gasteiger partial charge in [-0.05, 0) is 18.2 Å². The molecule has 0 saturated carbocycles. The van der Waals surface area contributed by atoms with E-state index in [9.17, 15) is 13.2 Å². The Labute approximate surface area is 128 Å². The summed E-state index contributed by atoms with van der Waals surface area (Å²) in [4.78, 5) is 11.9. The summed E-state index contributed by atoms with van der Waals surface area (Å²) >= 11 is 5.81. The lowest BCUT2D eigenvalue weighted by Gasteiger charge is -2.23. The Balaban J connectivity index is 1.97. The molecule has 21 heavy (non-hydrogen) atoms. The van der Waals surface area contributed by atoms with Gasteiger partial charge < -0.3 is 10.6 Å². The highest BCUT2D eigenvalue weighted by atomic mass is 35.5. The first-order chi connectivity index (χ1) is 9.89. The van der Waals surface area contributed by atoms with Gasteiger partial charge >= 0.3 is 0 Å². The van der Waals surface area contributed by atoms with Crippen LogP contribution in [0.3, 0.4) is 0 Å². The van der Waals surface area contributed by atoms with Gasteiger partial charge in [-0.3, -0.25) is 4.79 Å². The second kappa shape index (κ2) is 6.43. The Hall–Kier alpha value is -1.62. The molecule has 0 aromatic heterocycles. The number of benzene rings is 1. The second-order valence-electron chi connectivity index (χ2n) is 4.82. The molecule has 1 atom stereocenters. The lowest BCUT2D eigenvalue weighted by Crippen LogP contribution is -2.46. The molecule has 1 heterocycles. The number of sulfone groups is 1. The lowest BCUT2D eigenvalue weighted by atomic mass is 10.2. The zero-order valence-corrected chi connectivity index (χ0v) is 12.7. The summed E-state index contributed by atoms with van der Waals surface area (Å²) in [5, 5.41) is 14.8. The molecule has 1 aromatic rings. The molecule has 112 valence electrons. The van der Waals surface area contributed by atoms with Crippen molar-refractivity contribution in [3.63, 3.8) is 0 Å². The van der Waals surface area contributed by atoms with Crippen LogP contribution in [-0.4, -0.2) is 38.4 Å². The van der Waals surface area contributed by atoms with E-state index in [1.807, 2.05) is 6.07 Å². The number of nitrogens with zero attached hydrogens (tertiary/aromatic N) is 1. The molecule has 1 amide bonds. The van der Waals surface area contributed by atoms with E-state index in [0.29, 0.717) is 17.3 Å². The lowest BCUT2D eigenvalue weighted by molar-refractivity contribution is -0.116. The third kappa shape index (κ3) is 4.43. The molecule has 1 saturated heterocycles. The number of carbonyl (C=O) groups excluding carboxylic acids is 1. The van der Waals surface area contributed by atoms with Crippen molar-refractivity contribution < 1.29 is 13.2 Å². The molecule has 1 unspecified atom stereocenters. The van der Waals surface area contributed by atoms with Gasteiger partial charge in [-0.1, -0.05) is 11.6 Å². The van der Waals surface area contributed by atoms with E-state index < -0.39 is 9.84 Å². The SMILES string of the molecule is N#Cc1cc(NC(=O)CC2CS(=O)(=O)CCN2)ccc1Cl. The predicted octanol–water partition coefficient (Wildman–Crippen LogP) is 0.927. The molecular formula is C13H14ClN3O3S. The maximum atomic E-state index is 11.9. The normalized spacial score (nSPS) is 20.5. The summed E-state index contributed by atoms with van der Waals surface area (Å²) in [5.74, 6) is -0.242. The van der Waals surface area contributed by atoms with E-state index in [-0.39, 0.29) is 35.4 Å². The van der Waals surface area contributed by atoms with E-state index in [0.717, 1.165) is 0 Å². The highest BCUT2D eigenvalue weighted by Crippen LogP contribution is 2.20. The van der Waals surface area contributed by atoms with Crippen molar-refractivity contribution in [2.45, 2.75) is 12.5 Å². The largest absolute Gasteiger partial charge is 0.326 e. The number of nitrogens with one attached hydrogen (secondary N) is 2. The van der Waals surface area contributed by atoms with Crippen LogP contribution in [0.15, 0.2) is 18.2 Å². The molecule has 1 aromatic carbocycles. The first-order valence-corrected chi connectivity index (χ1v) is 8.53. The summed E-state index contributed by atoms with van der Waals surface area (Å²) in [5.41, 5.74) is 0.729. The van der Waals surface area contributed by atoms with Crippen LogP contribution >= 0.6 is 11.6 Å². The minimum absolute atomic E-state index is 0.0372. The van der Waals surface area contributed by atoms with Crippen LogP contribution in [0.1, 0.15) is 12.0 Å². The molecule has 0 bridgehead atoms. The second-order valence-corrected chi connectivity index (χ2v) is 7.46. The third-order valence-corrected chi connectivity index (χ3v) is 5.17. The minimum Gasteiger partial charge on any atom is -0.326 e. The number of halogens is 1. The Morgan fingerprint density at radius 3 is 2.95 bits per heavy atom. The van der Waals surface area contributed by atoms with Gasteiger partial charge in [-0.2, -0.15) is 5.26 Å². The van der Waals surface area contributed by atoms with E-state index in [1.54, 1.807) is 6.07 Å². The van der Waals surface area contributed by atoms with E-state index in [2.05, 4.69) is 10.6 Å². The first-order valence-electron chi connectivity index (χ1n) is 6.33. The molecule has 2 N–H and O–H groups in total. The number of hydrogen-bond acceptors (Lipinski definition) is 5. The molecule has 6 nitrogen and oxygen atoms in total. The molecule has 0 aliphatic carbocycles. The van der Waals surface area contributed by atoms with Gasteiger partial charge in [0.15, 0.2) is 9.84 Å². The summed E-state index contributed by atoms with van der Waals surface area (Å²) < 4.78 is 23.0. The number of carbonyl (C=O) groups is 1. The maximum absolute atomic E-state index is 11.9. The van der Waals surface area contributed by atoms with E-state index in [1.165, 1.54) is 12.1 Å². The Bertz CT molecular complexity index is 697. The van der Waals surface area contributed by atoms with Crippen molar-refractivity contribution >= 4 is 33.0 Å². The molecule has 0 spiro atoms. The summed E-state index contributed by atoms with van der Waals surface area (Å²) in [6.07, 6.45) is 0.0593. The zero-order valence-electron chi connectivity index (χ0n) is 11.1. The molecule has 1 aliphatic rings. The number of hydrogen-bond donors (Lipinski definition) is 2. The Morgan fingerprint density at radius 2 is 2.29 bits per heavy atom. The van der Waals surface area contributed by atoms with Crippen LogP contribution in [0.5, 0.6) is 0 Å². The van der Waals surface area contributed by atoms with Gasteiger partial charge in [0, 0.05) is 24.7 Å². The van der Waals surface area contributed by atoms with Crippen LogP contribution in [0, 0.1) is 11.3 Å². The van der Waals surface area contributed by atoms with Crippen molar-refractivity contribution in [2.24, 2.45) is 0 Å². The van der Waals surface area contributed by atoms with Crippen molar-refractivity contribution in [3.8, 4) is 6.07 Å². The van der Waals surface area contributed by atoms with Crippen molar-refractivity contribution in [3.05, 3.63) is 28.8 Å². The molecule has 8 heteroatoms.